The van der Waals surface area contributed by atoms with E-state index in [9.17, 15) is 14.4 Å². The van der Waals surface area contributed by atoms with E-state index >= 15 is 0 Å². The van der Waals surface area contributed by atoms with E-state index in [1.807, 2.05) is 32.0 Å². The van der Waals surface area contributed by atoms with Crippen molar-refractivity contribution in [3.05, 3.63) is 29.3 Å². The molecule has 3 amide bonds. The van der Waals surface area contributed by atoms with Crippen LogP contribution in [0.15, 0.2) is 18.2 Å². The molecule has 6 nitrogen and oxygen atoms in total. The van der Waals surface area contributed by atoms with Crippen LogP contribution in [-0.2, 0) is 14.4 Å². The zero-order valence-corrected chi connectivity index (χ0v) is 15.1. The van der Waals surface area contributed by atoms with Gasteiger partial charge in [0.05, 0.1) is 5.92 Å². The number of carbonyl (C=O) groups is 3. The van der Waals surface area contributed by atoms with Crippen molar-refractivity contribution < 1.29 is 14.4 Å². The fraction of sp³-hybridized carbons (Fsp3) is 0.526. The number of benzene rings is 1. The number of hydrogen-bond acceptors (Lipinski definition) is 3. The minimum absolute atomic E-state index is 0.00872. The van der Waals surface area contributed by atoms with Crippen LogP contribution in [-0.4, -0.2) is 60.2 Å². The molecule has 0 bridgehead atoms. The van der Waals surface area contributed by atoms with Crippen LogP contribution in [0.2, 0.25) is 0 Å². The first-order chi connectivity index (χ1) is 11.9. The Morgan fingerprint density at radius 1 is 1.04 bits per heavy atom. The Labute approximate surface area is 148 Å². The van der Waals surface area contributed by atoms with E-state index in [1.165, 1.54) is 0 Å². The summed E-state index contributed by atoms with van der Waals surface area (Å²) in [4.78, 5) is 42.0. The normalized spacial score (nSPS) is 21.0. The van der Waals surface area contributed by atoms with Gasteiger partial charge in [-0.2, -0.15) is 0 Å². The molecule has 0 aromatic heterocycles. The summed E-state index contributed by atoms with van der Waals surface area (Å²) in [5.41, 5.74) is 3.13. The molecular weight excluding hydrogens is 318 g/mol. The van der Waals surface area contributed by atoms with Crippen molar-refractivity contribution in [3.63, 3.8) is 0 Å². The van der Waals surface area contributed by atoms with E-state index in [1.54, 1.807) is 21.6 Å². The van der Waals surface area contributed by atoms with Crippen LogP contribution in [0, 0.1) is 19.8 Å². The molecule has 1 unspecified atom stereocenters. The molecular formula is C19H25N3O3. The predicted molar refractivity (Wildman–Crippen MR) is 95.2 cm³/mol. The summed E-state index contributed by atoms with van der Waals surface area (Å²) in [6, 6.07) is 5.91. The summed E-state index contributed by atoms with van der Waals surface area (Å²) in [6.45, 7) is 8.26. The van der Waals surface area contributed by atoms with E-state index in [0.29, 0.717) is 32.7 Å². The van der Waals surface area contributed by atoms with Crippen LogP contribution in [0.25, 0.3) is 0 Å². The molecule has 2 aliphatic rings. The van der Waals surface area contributed by atoms with Gasteiger partial charge in [-0.15, -0.1) is 0 Å². The lowest BCUT2D eigenvalue weighted by Crippen LogP contribution is -2.51. The van der Waals surface area contributed by atoms with Gasteiger partial charge in [-0.05, 0) is 31.0 Å². The fourth-order valence-electron chi connectivity index (χ4n) is 3.63. The van der Waals surface area contributed by atoms with Crippen LogP contribution < -0.4 is 4.90 Å². The lowest BCUT2D eigenvalue weighted by atomic mass is 10.1. The number of nitrogens with zero attached hydrogens (tertiary/aromatic N) is 3. The second-order valence-corrected chi connectivity index (χ2v) is 6.96. The van der Waals surface area contributed by atoms with Crippen molar-refractivity contribution in [1.82, 2.24) is 9.80 Å². The highest BCUT2D eigenvalue weighted by molar-refractivity contribution is 6.01. The summed E-state index contributed by atoms with van der Waals surface area (Å²) in [5.74, 6) is -0.209. The minimum Gasteiger partial charge on any atom is -0.339 e. The summed E-state index contributed by atoms with van der Waals surface area (Å²) in [5, 5.41) is 0. The van der Waals surface area contributed by atoms with E-state index in [0.717, 1.165) is 16.8 Å². The molecule has 0 radical (unpaired) electrons. The lowest BCUT2D eigenvalue weighted by molar-refractivity contribution is -0.141. The Morgan fingerprint density at radius 2 is 1.68 bits per heavy atom. The van der Waals surface area contributed by atoms with Gasteiger partial charge in [-0.1, -0.05) is 12.1 Å². The molecule has 2 heterocycles. The molecule has 1 aromatic carbocycles. The third kappa shape index (κ3) is 3.38. The van der Waals surface area contributed by atoms with Crippen molar-refractivity contribution in [2.45, 2.75) is 27.2 Å². The molecule has 0 saturated carbocycles. The van der Waals surface area contributed by atoms with Gasteiger partial charge in [0.25, 0.3) is 0 Å². The Hall–Kier alpha value is -2.37. The first kappa shape index (κ1) is 17.5. The topological polar surface area (TPSA) is 60.9 Å². The number of hydrogen-bond donors (Lipinski definition) is 0. The average Bonchev–Trinajstić information content (AvgIpc) is 2.98. The van der Waals surface area contributed by atoms with E-state index < -0.39 is 0 Å². The predicted octanol–water partition coefficient (Wildman–Crippen LogP) is 1.35. The number of piperazine rings is 1. The van der Waals surface area contributed by atoms with Crippen LogP contribution in [0.3, 0.4) is 0 Å². The first-order valence-corrected chi connectivity index (χ1v) is 8.79. The largest absolute Gasteiger partial charge is 0.339 e. The highest BCUT2D eigenvalue weighted by Gasteiger charge is 2.38. The maximum absolute atomic E-state index is 12.8. The minimum atomic E-state index is -0.295. The van der Waals surface area contributed by atoms with E-state index in [4.69, 9.17) is 0 Å². The summed E-state index contributed by atoms with van der Waals surface area (Å²) in [6.07, 6.45) is 0.263. The van der Waals surface area contributed by atoms with E-state index in [-0.39, 0.29) is 30.1 Å². The molecule has 0 spiro atoms. The van der Waals surface area contributed by atoms with Crippen molar-refractivity contribution >= 4 is 23.4 Å². The van der Waals surface area contributed by atoms with Crippen molar-refractivity contribution in [1.29, 1.82) is 0 Å². The van der Waals surface area contributed by atoms with E-state index in [2.05, 4.69) is 0 Å². The molecule has 1 atom stereocenters. The second kappa shape index (κ2) is 6.86. The van der Waals surface area contributed by atoms with Crippen molar-refractivity contribution in [3.8, 4) is 0 Å². The molecule has 0 N–H and O–H groups in total. The molecule has 0 aliphatic carbocycles. The monoisotopic (exact) mass is 343 g/mol. The molecule has 2 fully saturated rings. The van der Waals surface area contributed by atoms with Gasteiger partial charge in [0.15, 0.2) is 0 Å². The molecule has 2 aliphatic heterocycles. The zero-order valence-electron chi connectivity index (χ0n) is 15.1. The van der Waals surface area contributed by atoms with Crippen molar-refractivity contribution in [2.24, 2.45) is 5.92 Å². The molecule has 1 aromatic rings. The van der Waals surface area contributed by atoms with Crippen LogP contribution >= 0.6 is 0 Å². The van der Waals surface area contributed by atoms with Crippen LogP contribution in [0.5, 0.6) is 0 Å². The van der Waals surface area contributed by atoms with Gasteiger partial charge < -0.3 is 14.7 Å². The summed E-state index contributed by atoms with van der Waals surface area (Å²) in [7, 11) is 0. The maximum atomic E-state index is 12.8. The lowest BCUT2D eigenvalue weighted by Gasteiger charge is -2.35. The third-order valence-electron chi connectivity index (χ3n) is 5.38. The second-order valence-electron chi connectivity index (χ2n) is 6.96. The quantitative estimate of drug-likeness (QED) is 0.814. The number of aryl methyl sites for hydroxylation is 1. The highest BCUT2D eigenvalue weighted by atomic mass is 16.2. The standard InChI is InChI=1S/C19H25N3O3/c1-13-5-4-6-17(14(13)2)22-12-16(11-18(22)24)19(25)21-9-7-20(8-10-21)15(3)23/h4-6,16H,7-12H2,1-3H3. The summed E-state index contributed by atoms with van der Waals surface area (Å²) < 4.78 is 0. The van der Waals surface area contributed by atoms with Crippen LogP contribution in [0.4, 0.5) is 5.69 Å². The van der Waals surface area contributed by atoms with Gasteiger partial charge in [-0.25, -0.2) is 0 Å². The SMILES string of the molecule is CC(=O)N1CCN(C(=O)C2CC(=O)N(c3cccc(C)c3C)C2)CC1. The van der Waals surface area contributed by atoms with Crippen molar-refractivity contribution in [2.75, 3.05) is 37.6 Å². The maximum Gasteiger partial charge on any atom is 0.228 e. The van der Waals surface area contributed by atoms with Gasteiger partial charge in [-0.3, -0.25) is 14.4 Å². The first-order valence-electron chi connectivity index (χ1n) is 8.79. The fourth-order valence-corrected chi connectivity index (χ4v) is 3.63. The Kier molecular flexibility index (Phi) is 4.79. The molecule has 2 saturated heterocycles. The van der Waals surface area contributed by atoms with Gasteiger partial charge in [0.2, 0.25) is 17.7 Å². The molecule has 134 valence electrons. The number of carbonyl (C=O) groups excluding carboxylic acids is 3. The Morgan fingerprint density at radius 3 is 2.32 bits per heavy atom. The smallest absolute Gasteiger partial charge is 0.228 e. The van der Waals surface area contributed by atoms with Gasteiger partial charge in [0.1, 0.15) is 0 Å². The van der Waals surface area contributed by atoms with Crippen LogP contribution in [0.1, 0.15) is 24.5 Å². The summed E-state index contributed by atoms with van der Waals surface area (Å²) >= 11 is 0. The molecule has 6 heteroatoms. The molecule has 25 heavy (non-hydrogen) atoms. The van der Waals surface area contributed by atoms with Gasteiger partial charge >= 0.3 is 0 Å². The third-order valence-corrected chi connectivity index (χ3v) is 5.38. The average molecular weight is 343 g/mol. The number of amides is 3. The van der Waals surface area contributed by atoms with Gasteiger partial charge in [0, 0.05) is 51.8 Å². The molecule has 3 rings (SSSR count). The Balaban J connectivity index is 1.67. The number of rotatable bonds is 2. The zero-order chi connectivity index (χ0) is 18.1. The Bertz CT molecular complexity index is 708. The highest BCUT2D eigenvalue weighted by Crippen LogP contribution is 2.30. The number of anilines is 1.